The fourth-order valence-corrected chi connectivity index (χ4v) is 5.05. The summed E-state index contributed by atoms with van der Waals surface area (Å²) in [6.07, 6.45) is 4.04. The average molecular weight is 423 g/mol. The van der Waals surface area contributed by atoms with E-state index in [1.165, 1.54) is 16.2 Å². The van der Waals surface area contributed by atoms with Crippen molar-refractivity contribution in [2.75, 3.05) is 5.32 Å². The van der Waals surface area contributed by atoms with E-state index in [0.29, 0.717) is 25.9 Å². The van der Waals surface area contributed by atoms with Gasteiger partial charge in [0.05, 0.1) is 5.39 Å². The summed E-state index contributed by atoms with van der Waals surface area (Å²) in [5.41, 5.74) is 1.26. The number of aryl methyl sites for hydroxylation is 2. The zero-order chi connectivity index (χ0) is 19.1. The van der Waals surface area contributed by atoms with Gasteiger partial charge in [0.2, 0.25) is 5.91 Å². The number of nitrogens with zero attached hydrogens (tertiary/aromatic N) is 3. The molecule has 0 saturated heterocycles. The van der Waals surface area contributed by atoms with Gasteiger partial charge in [-0.1, -0.05) is 28.4 Å². The summed E-state index contributed by atoms with van der Waals surface area (Å²) in [4.78, 5) is 27.5. The highest BCUT2D eigenvalue weighted by Crippen LogP contribution is 2.33. The van der Waals surface area contributed by atoms with E-state index in [9.17, 15) is 9.59 Å². The number of anilines is 1. The van der Waals surface area contributed by atoms with Crippen molar-refractivity contribution in [3.05, 3.63) is 49.0 Å². The van der Waals surface area contributed by atoms with E-state index in [0.717, 1.165) is 35.9 Å². The van der Waals surface area contributed by atoms with E-state index in [1.807, 2.05) is 0 Å². The van der Waals surface area contributed by atoms with E-state index in [4.69, 9.17) is 23.2 Å². The third-order valence-electron chi connectivity index (χ3n) is 4.68. The van der Waals surface area contributed by atoms with Crippen LogP contribution in [0.3, 0.4) is 0 Å². The molecule has 0 spiro atoms. The Morgan fingerprint density at radius 3 is 2.67 bits per heavy atom. The molecule has 0 fully saturated rings. The standard InChI is InChI=1S/C18H16Cl2N4O2S/c1-9(16(25)21-12-7-10(19)6-11(20)8-12)24-18(26)15-13-4-2-3-5-14(13)27-17(15)22-23-24/h6-9H,2-5H2,1H3,(H,21,25). The molecule has 1 aromatic carbocycles. The van der Waals surface area contributed by atoms with Crippen LogP contribution in [-0.2, 0) is 17.6 Å². The van der Waals surface area contributed by atoms with Gasteiger partial charge in [0.25, 0.3) is 5.56 Å². The van der Waals surface area contributed by atoms with Gasteiger partial charge in [-0.15, -0.1) is 16.4 Å². The molecular weight excluding hydrogens is 407 g/mol. The number of hydrogen-bond acceptors (Lipinski definition) is 5. The molecule has 2 aromatic heterocycles. The van der Waals surface area contributed by atoms with Gasteiger partial charge in [0.1, 0.15) is 6.04 Å². The van der Waals surface area contributed by atoms with Crippen LogP contribution in [0.15, 0.2) is 23.0 Å². The maximum Gasteiger partial charge on any atom is 0.279 e. The molecule has 2 heterocycles. The monoisotopic (exact) mass is 422 g/mol. The zero-order valence-electron chi connectivity index (χ0n) is 14.5. The molecule has 1 aliphatic rings. The second-order valence-corrected chi connectivity index (χ2v) is 8.51. The summed E-state index contributed by atoms with van der Waals surface area (Å²) in [5, 5.41) is 12.3. The highest BCUT2D eigenvalue weighted by atomic mass is 35.5. The van der Waals surface area contributed by atoms with Crippen molar-refractivity contribution >= 4 is 56.3 Å². The highest BCUT2D eigenvalue weighted by Gasteiger charge is 2.24. The molecule has 0 radical (unpaired) electrons. The summed E-state index contributed by atoms with van der Waals surface area (Å²) in [6, 6.07) is 3.92. The first kappa shape index (κ1) is 18.4. The normalized spacial score (nSPS) is 14.8. The molecule has 1 N–H and O–H groups in total. The fourth-order valence-electron chi connectivity index (χ4n) is 3.32. The second-order valence-electron chi connectivity index (χ2n) is 6.55. The van der Waals surface area contributed by atoms with Gasteiger partial charge in [0.15, 0.2) is 4.83 Å². The lowest BCUT2D eigenvalue weighted by atomic mass is 9.97. The zero-order valence-corrected chi connectivity index (χ0v) is 16.8. The first-order valence-corrected chi connectivity index (χ1v) is 10.2. The highest BCUT2D eigenvalue weighted by molar-refractivity contribution is 7.18. The van der Waals surface area contributed by atoms with Gasteiger partial charge in [-0.2, -0.15) is 4.68 Å². The maximum atomic E-state index is 13.0. The van der Waals surface area contributed by atoms with Crippen LogP contribution in [0.2, 0.25) is 10.0 Å². The number of nitrogens with one attached hydrogen (secondary N) is 1. The van der Waals surface area contributed by atoms with Gasteiger partial charge < -0.3 is 5.32 Å². The van der Waals surface area contributed by atoms with Crippen LogP contribution in [0.5, 0.6) is 0 Å². The van der Waals surface area contributed by atoms with Crippen molar-refractivity contribution < 1.29 is 4.79 Å². The largest absolute Gasteiger partial charge is 0.324 e. The van der Waals surface area contributed by atoms with Crippen LogP contribution in [0.1, 0.15) is 36.2 Å². The smallest absolute Gasteiger partial charge is 0.279 e. The van der Waals surface area contributed by atoms with Gasteiger partial charge in [-0.3, -0.25) is 9.59 Å². The number of carbonyl (C=O) groups is 1. The Morgan fingerprint density at radius 1 is 1.22 bits per heavy atom. The van der Waals surface area contributed by atoms with Crippen molar-refractivity contribution in [3.63, 3.8) is 0 Å². The number of halogens is 2. The van der Waals surface area contributed by atoms with E-state index in [2.05, 4.69) is 15.6 Å². The minimum absolute atomic E-state index is 0.272. The van der Waals surface area contributed by atoms with Crippen molar-refractivity contribution in [2.45, 2.75) is 38.6 Å². The number of benzene rings is 1. The Labute approximate surface area is 169 Å². The molecule has 4 rings (SSSR count). The lowest BCUT2D eigenvalue weighted by Crippen LogP contribution is -2.34. The fraction of sp³-hybridized carbons (Fsp3) is 0.333. The lowest BCUT2D eigenvalue weighted by Gasteiger charge is -2.14. The Balaban J connectivity index is 1.67. The molecule has 1 aliphatic carbocycles. The van der Waals surface area contributed by atoms with Crippen LogP contribution in [0.25, 0.3) is 10.2 Å². The SMILES string of the molecule is CC(C(=O)Nc1cc(Cl)cc(Cl)c1)n1nnc2sc3c(c2c1=O)CCCC3. The summed E-state index contributed by atoms with van der Waals surface area (Å²) >= 11 is 13.5. The number of rotatable bonds is 3. The third kappa shape index (κ3) is 3.47. The number of aromatic nitrogens is 3. The van der Waals surface area contributed by atoms with Crippen molar-refractivity contribution in [3.8, 4) is 0 Å². The Hall–Kier alpha value is -1.96. The van der Waals surface area contributed by atoms with Crippen LogP contribution in [-0.4, -0.2) is 20.9 Å². The quantitative estimate of drug-likeness (QED) is 0.684. The third-order valence-corrected chi connectivity index (χ3v) is 6.30. The first-order valence-electron chi connectivity index (χ1n) is 8.61. The molecule has 3 aromatic rings. The van der Waals surface area contributed by atoms with Crippen LogP contribution in [0, 0.1) is 0 Å². The topological polar surface area (TPSA) is 76.9 Å². The van der Waals surface area contributed by atoms with E-state index < -0.39 is 11.9 Å². The molecular formula is C18H16Cl2N4O2S. The van der Waals surface area contributed by atoms with Crippen LogP contribution >= 0.6 is 34.5 Å². The van der Waals surface area contributed by atoms with Gasteiger partial charge >= 0.3 is 0 Å². The number of carbonyl (C=O) groups excluding carboxylic acids is 1. The van der Waals surface area contributed by atoms with E-state index >= 15 is 0 Å². The first-order chi connectivity index (χ1) is 12.9. The maximum absolute atomic E-state index is 13.0. The molecule has 1 amide bonds. The van der Waals surface area contributed by atoms with Crippen LogP contribution in [0.4, 0.5) is 5.69 Å². The molecule has 9 heteroatoms. The number of amides is 1. The van der Waals surface area contributed by atoms with Crippen molar-refractivity contribution in [1.82, 2.24) is 15.0 Å². The molecule has 0 aliphatic heterocycles. The van der Waals surface area contributed by atoms with Gasteiger partial charge in [-0.25, -0.2) is 0 Å². The van der Waals surface area contributed by atoms with Crippen molar-refractivity contribution in [1.29, 1.82) is 0 Å². The summed E-state index contributed by atoms with van der Waals surface area (Å²) < 4.78 is 1.14. The van der Waals surface area contributed by atoms with E-state index in [1.54, 1.807) is 25.1 Å². The molecule has 27 heavy (non-hydrogen) atoms. The Bertz CT molecular complexity index is 1090. The summed E-state index contributed by atoms with van der Waals surface area (Å²) in [6.45, 7) is 1.61. The molecule has 140 valence electrons. The van der Waals surface area contributed by atoms with Gasteiger partial charge in [0, 0.05) is 20.6 Å². The molecule has 0 bridgehead atoms. The molecule has 6 nitrogen and oxygen atoms in total. The molecule has 1 atom stereocenters. The number of thiophene rings is 1. The minimum atomic E-state index is -0.828. The lowest BCUT2D eigenvalue weighted by molar-refractivity contribution is -0.119. The summed E-state index contributed by atoms with van der Waals surface area (Å²) in [7, 11) is 0. The second kappa shape index (κ2) is 7.22. The van der Waals surface area contributed by atoms with E-state index in [-0.39, 0.29) is 5.56 Å². The predicted molar refractivity (Wildman–Crippen MR) is 108 cm³/mol. The summed E-state index contributed by atoms with van der Waals surface area (Å²) in [5.74, 6) is -0.395. The average Bonchev–Trinajstić information content (AvgIpc) is 3.00. The minimum Gasteiger partial charge on any atom is -0.324 e. The van der Waals surface area contributed by atoms with Crippen molar-refractivity contribution in [2.24, 2.45) is 0 Å². The molecule has 1 unspecified atom stereocenters. The Kier molecular flexibility index (Phi) is 4.92. The van der Waals surface area contributed by atoms with Crippen LogP contribution < -0.4 is 10.9 Å². The van der Waals surface area contributed by atoms with Gasteiger partial charge in [-0.05, 0) is 56.4 Å². The number of hydrogen-bond donors (Lipinski definition) is 1. The Morgan fingerprint density at radius 2 is 1.93 bits per heavy atom. The number of fused-ring (bicyclic) bond motifs is 3. The predicted octanol–water partition coefficient (Wildman–Crippen LogP) is 4.24. The molecule has 0 saturated carbocycles.